The fourth-order valence-corrected chi connectivity index (χ4v) is 6.23. The van der Waals surface area contributed by atoms with E-state index in [4.69, 9.17) is 9.47 Å². The minimum atomic E-state index is -0.340. The number of Topliss-reactive ketones (excluding diaryl/α,β-unsaturated/α-hetero) is 1. The van der Waals surface area contributed by atoms with Crippen LogP contribution in [0.4, 0.5) is 4.79 Å². The number of ketones is 1. The molecule has 0 aromatic heterocycles. The number of morpholine rings is 1. The van der Waals surface area contributed by atoms with Gasteiger partial charge in [-0.05, 0) is 53.6 Å². The van der Waals surface area contributed by atoms with Crippen LogP contribution < -0.4 is 0 Å². The first-order valence-electron chi connectivity index (χ1n) is 12.8. The zero-order chi connectivity index (χ0) is 25.5. The lowest BCUT2D eigenvalue weighted by molar-refractivity contribution is -0.0747. The van der Waals surface area contributed by atoms with Crippen LogP contribution in [-0.4, -0.2) is 48.7 Å². The minimum Gasteiger partial charge on any atom is -0.448 e. The molecule has 6 heteroatoms. The van der Waals surface area contributed by atoms with Crippen LogP contribution in [0.2, 0.25) is 0 Å². The Hall–Kier alpha value is -3.95. The van der Waals surface area contributed by atoms with E-state index in [1.165, 1.54) is 22.3 Å². The fourth-order valence-electron chi connectivity index (χ4n) is 6.23. The molecule has 3 aromatic carbocycles. The van der Waals surface area contributed by atoms with Crippen molar-refractivity contribution in [3.05, 3.63) is 94.5 Å². The highest BCUT2D eigenvalue weighted by atomic mass is 16.6. The molecule has 3 aliphatic rings. The van der Waals surface area contributed by atoms with Crippen molar-refractivity contribution in [1.82, 2.24) is 4.90 Å². The second-order valence-corrected chi connectivity index (χ2v) is 10.2. The quantitative estimate of drug-likeness (QED) is 0.451. The number of hydrogen-bond donors (Lipinski definition) is 0. The Labute approximate surface area is 216 Å². The maximum atomic E-state index is 13.4. The number of ether oxygens (including phenoxy) is 2. The summed E-state index contributed by atoms with van der Waals surface area (Å²) in [5, 5.41) is 9.36. The standard InChI is InChI=1S/C31H28N2O4/c1-19-10-11-20(12-22(19)15-32)30(34)21-13-23-16-36-17-24(14-21)33(23)31(35)37-18-29-27-8-4-2-6-25(27)26-7-3-5-9-28(26)29/h2-12,21,23-24,29H,13-14,16-18H2,1H3. The van der Waals surface area contributed by atoms with Crippen molar-refractivity contribution >= 4 is 11.9 Å². The summed E-state index contributed by atoms with van der Waals surface area (Å²) in [6.45, 7) is 2.91. The number of carbonyl (C=O) groups is 2. The molecule has 2 unspecified atom stereocenters. The fraction of sp³-hybridized carbons (Fsp3) is 0.323. The number of fused-ring (bicyclic) bond motifs is 5. The molecule has 3 aromatic rings. The Kier molecular flexibility index (Phi) is 6.02. The monoisotopic (exact) mass is 492 g/mol. The summed E-state index contributed by atoms with van der Waals surface area (Å²) in [7, 11) is 0. The van der Waals surface area contributed by atoms with Gasteiger partial charge in [0, 0.05) is 17.4 Å². The van der Waals surface area contributed by atoms with Crippen LogP contribution >= 0.6 is 0 Å². The third-order valence-electron chi connectivity index (χ3n) is 8.08. The molecular formula is C31H28N2O4. The third kappa shape index (κ3) is 4.10. The van der Waals surface area contributed by atoms with E-state index in [1.807, 2.05) is 37.3 Å². The van der Waals surface area contributed by atoms with Gasteiger partial charge < -0.3 is 9.47 Å². The molecule has 37 heavy (non-hydrogen) atoms. The van der Waals surface area contributed by atoms with Crippen LogP contribution in [0.15, 0.2) is 66.7 Å². The van der Waals surface area contributed by atoms with E-state index in [1.54, 1.807) is 17.0 Å². The second-order valence-electron chi connectivity index (χ2n) is 10.2. The van der Waals surface area contributed by atoms with Gasteiger partial charge in [-0.25, -0.2) is 4.79 Å². The number of carbonyl (C=O) groups excluding carboxylic acids is 2. The lowest BCUT2D eigenvalue weighted by Gasteiger charge is -2.47. The number of benzene rings is 3. The summed E-state index contributed by atoms with van der Waals surface area (Å²) < 4.78 is 11.7. The van der Waals surface area contributed by atoms with E-state index >= 15 is 0 Å². The molecule has 2 saturated heterocycles. The van der Waals surface area contributed by atoms with Crippen molar-refractivity contribution < 1.29 is 19.1 Å². The minimum absolute atomic E-state index is 0.00225. The topological polar surface area (TPSA) is 79.6 Å². The van der Waals surface area contributed by atoms with Crippen molar-refractivity contribution in [1.29, 1.82) is 5.26 Å². The molecule has 2 fully saturated rings. The van der Waals surface area contributed by atoms with E-state index in [0.29, 0.717) is 37.2 Å². The van der Waals surface area contributed by atoms with Gasteiger partial charge in [-0.2, -0.15) is 5.26 Å². The summed E-state index contributed by atoms with van der Waals surface area (Å²) in [6, 6.07) is 23.6. The molecule has 2 heterocycles. The molecule has 0 radical (unpaired) electrons. The Morgan fingerprint density at radius 1 is 0.973 bits per heavy atom. The van der Waals surface area contributed by atoms with Crippen molar-refractivity contribution in [2.45, 2.75) is 37.8 Å². The predicted octanol–water partition coefficient (Wildman–Crippen LogP) is 5.48. The highest BCUT2D eigenvalue weighted by molar-refractivity contribution is 5.98. The lowest BCUT2D eigenvalue weighted by Crippen LogP contribution is -2.60. The van der Waals surface area contributed by atoms with Gasteiger partial charge in [0.05, 0.1) is 36.9 Å². The first kappa shape index (κ1) is 23.4. The summed E-state index contributed by atoms with van der Waals surface area (Å²) in [4.78, 5) is 28.5. The first-order valence-corrected chi connectivity index (χ1v) is 12.8. The molecule has 6 nitrogen and oxygen atoms in total. The van der Waals surface area contributed by atoms with E-state index in [0.717, 1.165) is 5.56 Å². The van der Waals surface area contributed by atoms with Crippen molar-refractivity contribution in [2.24, 2.45) is 5.92 Å². The third-order valence-corrected chi connectivity index (χ3v) is 8.08. The largest absolute Gasteiger partial charge is 0.448 e. The molecular weight excluding hydrogens is 464 g/mol. The van der Waals surface area contributed by atoms with Crippen LogP contribution in [-0.2, 0) is 9.47 Å². The SMILES string of the molecule is Cc1ccc(C(=O)C2CC3COCC(C2)N3C(=O)OCC2c3ccccc3-c3ccccc32)cc1C#N. The zero-order valence-corrected chi connectivity index (χ0v) is 20.7. The second kappa shape index (κ2) is 9.49. The van der Waals surface area contributed by atoms with E-state index in [9.17, 15) is 14.9 Å². The van der Waals surface area contributed by atoms with E-state index in [-0.39, 0.29) is 42.4 Å². The summed E-state index contributed by atoms with van der Waals surface area (Å²) in [5.74, 6) is -0.186. The molecule has 0 N–H and O–H groups in total. The number of piperidine rings is 1. The summed E-state index contributed by atoms with van der Waals surface area (Å²) >= 11 is 0. The zero-order valence-electron chi connectivity index (χ0n) is 20.7. The van der Waals surface area contributed by atoms with Crippen LogP contribution in [0.1, 0.15) is 51.4 Å². The molecule has 1 aliphatic carbocycles. The maximum absolute atomic E-state index is 13.4. The molecule has 2 bridgehead atoms. The Bertz CT molecular complexity index is 1370. The van der Waals surface area contributed by atoms with Crippen LogP contribution in [0.5, 0.6) is 0 Å². The van der Waals surface area contributed by atoms with Gasteiger partial charge in [0.1, 0.15) is 6.61 Å². The Balaban J connectivity index is 1.16. The first-order chi connectivity index (χ1) is 18.0. The smallest absolute Gasteiger partial charge is 0.410 e. The number of rotatable bonds is 4. The van der Waals surface area contributed by atoms with Gasteiger partial charge in [0.2, 0.25) is 0 Å². The average Bonchev–Trinajstić information content (AvgIpc) is 3.24. The van der Waals surface area contributed by atoms with Crippen LogP contribution in [0, 0.1) is 24.2 Å². The number of aryl methyl sites for hydroxylation is 1. The molecule has 186 valence electrons. The summed E-state index contributed by atoms with van der Waals surface area (Å²) in [5.41, 5.74) is 6.68. The van der Waals surface area contributed by atoms with Crippen molar-refractivity contribution in [3.63, 3.8) is 0 Å². The Morgan fingerprint density at radius 3 is 2.22 bits per heavy atom. The van der Waals surface area contributed by atoms with Gasteiger partial charge in [-0.1, -0.05) is 60.7 Å². The molecule has 1 amide bonds. The molecule has 6 rings (SSSR count). The van der Waals surface area contributed by atoms with Gasteiger partial charge >= 0.3 is 6.09 Å². The lowest BCUT2D eigenvalue weighted by atomic mass is 9.80. The number of nitriles is 1. The summed E-state index contributed by atoms with van der Waals surface area (Å²) in [6.07, 6.45) is 0.707. The molecule has 0 spiro atoms. The highest BCUT2D eigenvalue weighted by Gasteiger charge is 2.45. The molecule has 2 aliphatic heterocycles. The normalized spacial score (nSPS) is 22.1. The highest BCUT2D eigenvalue weighted by Crippen LogP contribution is 2.44. The number of hydrogen-bond acceptors (Lipinski definition) is 5. The van der Waals surface area contributed by atoms with Crippen molar-refractivity contribution in [3.8, 4) is 17.2 Å². The molecule has 2 atom stereocenters. The van der Waals surface area contributed by atoms with Crippen molar-refractivity contribution in [2.75, 3.05) is 19.8 Å². The molecule has 0 saturated carbocycles. The van der Waals surface area contributed by atoms with Crippen LogP contribution in [0.3, 0.4) is 0 Å². The van der Waals surface area contributed by atoms with Gasteiger partial charge in [0.15, 0.2) is 5.78 Å². The van der Waals surface area contributed by atoms with E-state index < -0.39 is 0 Å². The van der Waals surface area contributed by atoms with Crippen LogP contribution in [0.25, 0.3) is 11.1 Å². The predicted molar refractivity (Wildman–Crippen MR) is 138 cm³/mol. The maximum Gasteiger partial charge on any atom is 0.410 e. The number of nitrogens with zero attached hydrogens (tertiary/aromatic N) is 2. The van der Waals surface area contributed by atoms with Gasteiger partial charge in [0.25, 0.3) is 0 Å². The average molecular weight is 493 g/mol. The van der Waals surface area contributed by atoms with E-state index in [2.05, 4.69) is 30.3 Å². The Morgan fingerprint density at radius 2 is 1.59 bits per heavy atom. The van der Waals surface area contributed by atoms with Gasteiger partial charge in [-0.15, -0.1) is 0 Å². The van der Waals surface area contributed by atoms with Gasteiger partial charge in [-0.3, -0.25) is 9.69 Å². The number of amides is 1.